The first kappa shape index (κ1) is 71.7. The minimum absolute atomic E-state index is 0.0295. The van der Waals surface area contributed by atoms with Gasteiger partial charge in [-0.15, -0.1) is 0 Å². The number of fused-ring (bicyclic) bond motifs is 2. The van der Waals surface area contributed by atoms with Crippen LogP contribution in [-0.2, 0) is 22.4 Å². The Hall–Kier alpha value is -12.6. The van der Waals surface area contributed by atoms with E-state index in [0.29, 0.717) is 22.9 Å². The molecule has 0 aliphatic heterocycles. The molecule has 15 aromatic rings. The summed E-state index contributed by atoms with van der Waals surface area (Å²) in [6, 6.07) is 34.9. The van der Waals surface area contributed by atoms with Crippen molar-refractivity contribution in [2.45, 2.75) is 126 Å². The van der Waals surface area contributed by atoms with Crippen molar-refractivity contribution in [1.82, 2.24) is 126 Å². The topological polar surface area (TPSA) is 343 Å². The number of aromatic nitrogens is 25. The van der Waals surface area contributed by atoms with E-state index in [2.05, 4.69) is 197 Å². The van der Waals surface area contributed by atoms with Crippen molar-refractivity contribution in [3.05, 3.63) is 216 Å². The highest BCUT2D eigenvalue weighted by atomic mass is 19.4. The van der Waals surface area contributed by atoms with Crippen molar-refractivity contribution in [1.29, 1.82) is 0 Å². The van der Waals surface area contributed by atoms with Gasteiger partial charge in [0.25, 0.3) is 0 Å². The molecular weight excluding hydrogens is 1310 g/mol. The van der Waals surface area contributed by atoms with Gasteiger partial charge in [-0.05, 0) is 108 Å². The molecule has 12 aromatic heterocycles. The molecule has 0 saturated heterocycles. The third kappa shape index (κ3) is 16.9. The summed E-state index contributed by atoms with van der Waals surface area (Å²) in [7, 11) is 0. The van der Waals surface area contributed by atoms with E-state index in [1.807, 2.05) is 124 Å². The van der Waals surface area contributed by atoms with Crippen LogP contribution in [0.2, 0.25) is 0 Å². The van der Waals surface area contributed by atoms with Crippen LogP contribution in [0.1, 0.15) is 119 Å². The van der Waals surface area contributed by atoms with Gasteiger partial charge in [-0.25, -0.2) is 69.7 Å². The Labute approximate surface area is 591 Å². The number of anilines is 3. The quantitative estimate of drug-likeness (QED) is 0.0782. The van der Waals surface area contributed by atoms with E-state index >= 15 is 0 Å². The molecule has 524 valence electrons. The van der Waals surface area contributed by atoms with Crippen LogP contribution >= 0.6 is 0 Å². The van der Waals surface area contributed by atoms with E-state index in [1.165, 1.54) is 18.6 Å². The number of para-hydroxylation sites is 3. The number of alkyl halides is 3. The zero-order valence-corrected chi connectivity index (χ0v) is 59.6. The van der Waals surface area contributed by atoms with Crippen LogP contribution in [0.25, 0.3) is 90.3 Å². The van der Waals surface area contributed by atoms with Crippen LogP contribution in [0.15, 0.2) is 159 Å². The van der Waals surface area contributed by atoms with Gasteiger partial charge >= 0.3 is 6.18 Å². The molecule has 0 radical (unpaired) electrons. The Morgan fingerprint density at radius 2 is 0.883 bits per heavy atom. The first-order chi connectivity index (χ1) is 49.1. The lowest BCUT2D eigenvalue weighted by Crippen LogP contribution is -2.16. The number of rotatable bonds is 9. The molecule has 103 heavy (non-hydrogen) atoms. The van der Waals surface area contributed by atoms with Gasteiger partial charge in [-0.3, -0.25) is 30.6 Å². The second kappa shape index (κ2) is 30.1. The Morgan fingerprint density at radius 1 is 0.369 bits per heavy atom. The van der Waals surface area contributed by atoms with Gasteiger partial charge in [0.05, 0.1) is 33.8 Å². The predicted octanol–water partition coefficient (Wildman–Crippen LogP) is 15.4. The van der Waals surface area contributed by atoms with E-state index in [4.69, 9.17) is 0 Å². The van der Waals surface area contributed by atoms with Gasteiger partial charge in [0.2, 0.25) is 11.9 Å². The predicted molar refractivity (Wildman–Crippen MR) is 388 cm³/mol. The minimum atomic E-state index is -4.55. The monoisotopic (exact) mass is 1390 g/mol. The maximum absolute atomic E-state index is 13.0. The number of nitrogens with one attached hydrogen (secondary N) is 6. The molecule has 29 heteroatoms. The van der Waals surface area contributed by atoms with Crippen LogP contribution in [0, 0.1) is 41.5 Å². The fraction of sp³-hybridized carbons (Fsp3) is 0.257. The van der Waals surface area contributed by atoms with E-state index in [1.54, 1.807) is 48.4 Å². The molecule has 3 aromatic carbocycles. The molecule has 15 rings (SSSR count). The van der Waals surface area contributed by atoms with Gasteiger partial charge in [-0.1, -0.05) is 117 Å². The average molecular weight is 1390 g/mol. The standard InChI is InChI=1S/C22H16F3N9.2C16H18N4.C10H13N5.C10H12N4/c1-13-11-17(31-30-13)15-7-9-26-20(28-15)34(14-5-3-2-4-6-14)21-27-10-8-16(29-21)18-12-19(33-32-18)22(23,24)25;2*1-10-13(19-20-15(10)16(2,3)4)14-11-7-5-6-8-12(11)17-9-18-14;1-10(2,3)9-13-8(14-15-9)7-4-5-11-6-12-7;1-6-4-9(12-5-11-6)10-7(2)8(3)13-14-10/h2-12H,1H3,(H,30,31)(H,32,33);2*5-9H,1-4H3,(H,19,20);4-6H,1-3H3,(H,13,14,15);4-5H,1-3H3,(H,13,14). The van der Waals surface area contributed by atoms with E-state index < -0.39 is 11.9 Å². The van der Waals surface area contributed by atoms with Crippen LogP contribution < -0.4 is 4.90 Å². The Balaban J connectivity index is 0.000000135. The molecule has 0 bridgehead atoms. The average Bonchev–Trinajstić information content (AvgIpc) is 1.71. The van der Waals surface area contributed by atoms with Crippen molar-refractivity contribution < 1.29 is 13.2 Å². The first-order valence-corrected chi connectivity index (χ1v) is 32.8. The summed E-state index contributed by atoms with van der Waals surface area (Å²) >= 11 is 0. The molecule has 26 nitrogen and oxygen atoms in total. The Kier molecular flexibility index (Phi) is 21.0. The summed E-state index contributed by atoms with van der Waals surface area (Å²) in [5.41, 5.74) is 17.9. The summed E-state index contributed by atoms with van der Waals surface area (Å²) in [6.45, 7) is 31.3. The van der Waals surface area contributed by atoms with Crippen molar-refractivity contribution in [3.63, 3.8) is 0 Å². The summed E-state index contributed by atoms with van der Waals surface area (Å²) in [4.78, 5) is 57.5. The second-order valence-corrected chi connectivity index (χ2v) is 27.1. The summed E-state index contributed by atoms with van der Waals surface area (Å²) < 4.78 is 39.0. The number of hydrogen-bond donors (Lipinski definition) is 6. The van der Waals surface area contributed by atoms with Crippen molar-refractivity contribution in [2.24, 2.45) is 0 Å². The highest BCUT2D eigenvalue weighted by Gasteiger charge is 2.34. The van der Waals surface area contributed by atoms with Gasteiger partial charge in [-0.2, -0.15) is 43.8 Å². The molecule has 0 aliphatic rings. The number of hydrogen-bond acceptors (Lipinski definition) is 20. The van der Waals surface area contributed by atoms with Crippen LogP contribution in [-0.4, -0.2) is 126 Å². The molecule has 6 N–H and O–H groups in total. The van der Waals surface area contributed by atoms with Gasteiger partial charge in [0, 0.05) is 85.2 Å². The summed E-state index contributed by atoms with van der Waals surface area (Å²) in [6.07, 6.45) is 6.41. The Morgan fingerprint density at radius 3 is 1.35 bits per heavy atom. The fourth-order valence-electron chi connectivity index (χ4n) is 10.8. The maximum Gasteiger partial charge on any atom is 0.432 e. The van der Waals surface area contributed by atoms with Gasteiger partial charge in [0.1, 0.15) is 82.4 Å². The molecule has 0 unspecified atom stereocenters. The lowest BCUT2D eigenvalue weighted by Gasteiger charge is -2.21. The lowest BCUT2D eigenvalue weighted by atomic mass is 9.89. The SMILES string of the molecule is CC(C)(C)c1nc(-c2ccncn2)n[nH]1.Cc1c(-c2ncnc3ccccc23)n[nH]c1C(C)(C)C.Cc1c(-c2ncnc3ccccc23)n[nH]c1C(C)(C)C.Cc1cc(-c2ccnc(N(c3ccccc3)c3nccc(-c4cc(C(F)(F)F)[nH]n4)n3)n2)n[nH]1.Cc1cc(-c2n[nH]c(C)c2C)ncn1. The number of benzene rings is 3. The second-order valence-electron chi connectivity index (χ2n) is 27.1. The van der Waals surface area contributed by atoms with E-state index in [-0.39, 0.29) is 39.5 Å². The lowest BCUT2D eigenvalue weighted by molar-refractivity contribution is -0.141. The molecule has 0 spiro atoms. The van der Waals surface area contributed by atoms with Crippen molar-refractivity contribution in [3.8, 4) is 68.5 Å². The third-order valence-corrected chi connectivity index (χ3v) is 16.2. The molecule has 0 aliphatic carbocycles. The fourth-order valence-corrected chi connectivity index (χ4v) is 10.8. The summed E-state index contributed by atoms with van der Waals surface area (Å²) in [5, 5.41) is 44.5. The van der Waals surface area contributed by atoms with Crippen LogP contribution in [0.3, 0.4) is 0 Å². The zero-order chi connectivity index (χ0) is 73.4. The van der Waals surface area contributed by atoms with Crippen molar-refractivity contribution >= 4 is 39.4 Å². The summed E-state index contributed by atoms with van der Waals surface area (Å²) in [5.74, 6) is 1.90. The van der Waals surface area contributed by atoms with E-state index in [9.17, 15) is 13.2 Å². The van der Waals surface area contributed by atoms with Crippen LogP contribution in [0.4, 0.5) is 30.8 Å². The zero-order valence-electron chi connectivity index (χ0n) is 59.6. The molecule has 0 fully saturated rings. The van der Waals surface area contributed by atoms with Crippen molar-refractivity contribution in [2.75, 3.05) is 4.90 Å². The number of halogens is 3. The molecule has 12 heterocycles. The van der Waals surface area contributed by atoms with E-state index in [0.717, 1.165) is 119 Å². The number of aromatic amines is 6. The first-order valence-electron chi connectivity index (χ1n) is 32.8. The normalized spacial score (nSPS) is 11.6. The molecule has 0 atom stereocenters. The number of H-pyrrole nitrogens is 6. The van der Waals surface area contributed by atoms with Crippen LogP contribution in [0.5, 0.6) is 0 Å². The maximum atomic E-state index is 13.0. The number of nitrogens with zero attached hydrogens (tertiary/aromatic N) is 20. The highest BCUT2D eigenvalue weighted by Crippen LogP contribution is 2.37. The minimum Gasteiger partial charge on any atom is -0.282 e. The number of aryl methyl sites for hydroxylation is 3. The van der Waals surface area contributed by atoms with Gasteiger partial charge < -0.3 is 0 Å². The van der Waals surface area contributed by atoms with Gasteiger partial charge in [0.15, 0.2) is 5.82 Å². The third-order valence-electron chi connectivity index (χ3n) is 16.2. The molecule has 0 saturated carbocycles. The molecular formula is C74H77F3N26. The largest absolute Gasteiger partial charge is 0.432 e. The Bertz CT molecular complexity index is 5200. The molecule has 0 amide bonds. The smallest absolute Gasteiger partial charge is 0.282 e. The highest BCUT2D eigenvalue weighted by molar-refractivity contribution is 5.93.